The molecule has 1 N–H and O–H groups in total. The molecule has 25 heavy (non-hydrogen) atoms. The Labute approximate surface area is 144 Å². The highest BCUT2D eigenvalue weighted by Crippen LogP contribution is 2.20. The summed E-state index contributed by atoms with van der Waals surface area (Å²) >= 11 is 0. The molecule has 1 aromatic carbocycles. The van der Waals surface area contributed by atoms with E-state index in [2.05, 4.69) is 24.8 Å². The number of rotatable bonds is 3. The summed E-state index contributed by atoms with van der Waals surface area (Å²) in [5.74, 6) is 2.33. The third-order valence-electron chi connectivity index (χ3n) is 4.46. The zero-order valence-corrected chi connectivity index (χ0v) is 14.0. The van der Waals surface area contributed by atoms with Gasteiger partial charge in [-0.15, -0.1) is 0 Å². The lowest BCUT2D eigenvalue weighted by molar-refractivity contribution is 0.414. The highest BCUT2D eigenvalue weighted by Gasteiger charge is 2.20. The number of hydrogen-bond donors (Lipinski definition) is 1. The van der Waals surface area contributed by atoms with Gasteiger partial charge in [0, 0.05) is 38.4 Å². The standard InChI is InChI=1S/C18H19N5O2/c1-25-13-6-7-19-16(12-13)22-8-10-23(11-9-22)18-20-15-5-3-2-4-14(15)17(24)21-18/h2-7,12H,8-11H2,1H3,(H,20,21,24). The number of fused-ring (bicyclic) bond motifs is 1. The number of hydrogen-bond acceptors (Lipinski definition) is 6. The van der Waals surface area contributed by atoms with Gasteiger partial charge < -0.3 is 14.5 Å². The van der Waals surface area contributed by atoms with Crippen molar-refractivity contribution >= 4 is 22.7 Å². The number of aromatic nitrogens is 3. The van der Waals surface area contributed by atoms with E-state index in [1.807, 2.05) is 30.3 Å². The molecule has 128 valence electrons. The molecular weight excluding hydrogens is 318 g/mol. The lowest BCUT2D eigenvalue weighted by atomic mass is 10.2. The monoisotopic (exact) mass is 337 g/mol. The van der Waals surface area contributed by atoms with Crippen LogP contribution < -0.4 is 20.1 Å². The molecule has 0 atom stereocenters. The third kappa shape index (κ3) is 3.00. The van der Waals surface area contributed by atoms with Gasteiger partial charge in [-0.1, -0.05) is 12.1 Å². The zero-order chi connectivity index (χ0) is 17.2. The van der Waals surface area contributed by atoms with Crippen LogP contribution in [0.4, 0.5) is 11.8 Å². The first kappa shape index (κ1) is 15.4. The maximum atomic E-state index is 12.2. The van der Waals surface area contributed by atoms with Crippen LogP contribution >= 0.6 is 0 Å². The maximum absolute atomic E-state index is 12.2. The van der Waals surface area contributed by atoms with Crippen LogP contribution in [-0.4, -0.2) is 48.2 Å². The van der Waals surface area contributed by atoms with Crippen LogP contribution in [0.15, 0.2) is 47.4 Å². The van der Waals surface area contributed by atoms with Gasteiger partial charge in [0.25, 0.3) is 5.56 Å². The highest BCUT2D eigenvalue weighted by molar-refractivity contribution is 5.78. The first-order valence-corrected chi connectivity index (χ1v) is 8.23. The molecule has 1 saturated heterocycles. The molecule has 0 spiro atoms. The molecule has 4 rings (SSSR count). The van der Waals surface area contributed by atoms with Gasteiger partial charge in [-0.25, -0.2) is 9.97 Å². The van der Waals surface area contributed by atoms with Gasteiger partial charge in [-0.3, -0.25) is 9.78 Å². The molecule has 1 fully saturated rings. The van der Waals surface area contributed by atoms with E-state index in [1.165, 1.54) is 0 Å². The van der Waals surface area contributed by atoms with Crippen LogP contribution in [0.5, 0.6) is 5.75 Å². The van der Waals surface area contributed by atoms with Gasteiger partial charge in [0.05, 0.1) is 18.0 Å². The fraction of sp³-hybridized carbons (Fsp3) is 0.278. The number of nitrogens with zero attached hydrogens (tertiary/aromatic N) is 4. The topological polar surface area (TPSA) is 74.3 Å². The summed E-state index contributed by atoms with van der Waals surface area (Å²) in [5.41, 5.74) is 0.621. The average molecular weight is 337 g/mol. The number of aromatic amines is 1. The third-order valence-corrected chi connectivity index (χ3v) is 4.46. The molecule has 7 nitrogen and oxygen atoms in total. The van der Waals surface area contributed by atoms with Crippen molar-refractivity contribution in [2.45, 2.75) is 0 Å². The van der Waals surface area contributed by atoms with Crippen LogP contribution in [0, 0.1) is 0 Å². The van der Waals surface area contributed by atoms with E-state index in [-0.39, 0.29) is 5.56 Å². The molecule has 3 aromatic rings. The fourth-order valence-electron chi connectivity index (χ4n) is 3.07. The molecule has 3 heterocycles. The Balaban J connectivity index is 1.53. The Morgan fingerprint density at radius 1 is 1.08 bits per heavy atom. The largest absolute Gasteiger partial charge is 0.497 e. The summed E-state index contributed by atoms with van der Waals surface area (Å²) < 4.78 is 5.26. The molecule has 0 amide bonds. The van der Waals surface area contributed by atoms with E-state index >= 15 is 0 Å². The molecule has 2 aromatic heterocycles. The van der Waals surface area contributed by atoms with Gasteiger partial charge in [0.15, 0.2) is 0 Å². The summed E-state index contributed by atoms with van der Waals surface area (Å²) in [5, 5.41) is 0.616. The molecular formula is C18H19N5O2. The zero-order valence-electron chi connectivity index (χ0n) is 14.0. The summed E-state index contributed by atoms with van der Waals surface area (Å²) in [4.78, 5) is 28.5. The lowest BCUT2D eigenvalue weighted by Gasteiger charge is -2.35. The minimum atomic E-state index is -0.0995. The average Bonchev–Trinajstić information content (AvgIpc) is 2.68. The first-order chi connectivity index (χ1) is 12.2. The Bertz CT molecular complexity index is 947. The molecule has 7 heteroatoms. The van der Waals surface area contributed by atoms with Crippen LogP contribution in [0.1, 0.15) is 0 Å². The number of methoxy groups -OCH3 is 1. The van der Waals surface area contributed by atoms with Crippen LogP contribution in [0.25, 0.3) is 10.9 Å². The molecule has 0 aliphatic carbocycles. The highest BCUT2D eigenvalue weighted by atomic mass is 16.5. The van der Waals surface area contributed by atoms with Crippen LogP contribution in [0.2, 0.25) is 0 Å². The number of para-hydroxylation sites is 1. The first-order valence-electron chi connectivity index (χ1n) is 8.23. The van der Waals surface area contributed by atoms with Crippen molar-refractivity contribution in [2.24, 2.45) is 0 Å². The Kier molecular flexibility index (Phi) is 3.97. The van der Waals surface area contributed by atoms with E-state index in [4.69, 9.17) is 4.74 Å². The quantitative estimate of drug-likeness (QED) is 0.783. The van der Waals surface area contributed by atoms with Crippen molar-refractivity contribution < 1.29 is 4.74 Å². The SMILES string of the molecule is COc1ccnc(N2CCN(c3nc4ccccc4c(=O)[nH]3)CC2)c1. The van der Waals surface area contributed by atoms with E-state index < -0.39 is 0 Å². The van der Waals surface area contributed by atoms with Gasteiger partial charge in [-0.2, -0.15) is 0 Å². The lowest BCUT2D eigenvalue weighted by Crippen LogP contribution is -2.47. The molecule has 0 saturated carbocycles. The van der Waals surface area contributed by atoms with E-state index in [9.17, 15) is 4.79 Å². The number of nitrogens with one attached hydrogen (secondary N) is 1. The maximum Gasteiger partial charge on any atom is 0.260 e. The van der Waals surface area contributed by atoms with Crippen molar-refractivity contribution in [3.05, 3.63) is 52.9 Å². The molecule has 1 aliphatic rings. The normalized spacial score (nSPS) is 14.8. The summed E-state index contributed by atoms with van der Waals surface area (Å²) in [6.45, 7) is 3.13. The van der Waals surface area contributed by atoms with E-state index in [1.54, 1.807) is 19.4 Å². The predicted molar refractivity (Wildman–Crippen MR) is 97.6 cm³/mol. The van der Waals surface area contributed by atoms with Crippen molar-refractivity contribution in [3.8, 4) is 5.75 Å². The minimum Gasteiger partial charge on any atom is -0.497 e. The second-order valence-electron chi connectivity index (χ2n) is 5.93. The predicted octanol–water partition coefficient (Wildman–Crippen LogP) is 1.65. The van der Waals surface area contributed by atoms with Crippen LogP contribution in [0.3, 0.4) is 0 Å². The van der Waals surface area contributed by atoms with Gasteiger partial charge in [-0.05, 0) is 18.2 Å². The number of H-pyrrole nitrogens is 1. The van der Waals surface area contributed by atoms with E-state index in [0.717, 1.165) is 43.3 Å². The number of benzene rings is 1. The second kappa shape index (κ2) is 6.43. The van der Waals surface area contributed by atoms with Crippen molar-refractivity contribution in [1.82, 2.24) is 15.0 Å². The molecule has 1 aliphatic heterocycles. The smallest absolute Gasteiger partial charge is 0.260 e. The van der Waals surface area contributed by atoms with Crippen molar-refractivity contribution in [2.75, 3.05) is 43.1 Å². The summed E-state index contributed by atoms with van der Waals surface area (Å²) in [6, 6.07) is 11.2. The molecule has 0 radical (unpaired) electrons. The number of ether oxygens (including phenoxy) is 1. The van der Waals surface area contributed by atoms with Gasteiger partial charge in [0.2, 0.25) is 5.95 Å². The fourth-order valence-corrected chi connectivity index (χ4v) is 3.07. The van der Waals surface area contributed by atoms with Crippen molar-refractivity contribution in [3.63, 3.8) is 0 Å². The second-order valence-corrected chi connectivity index (χ2v) is 5.93. The van der Waals surface area contributed by atoms with Crippen molar-refractivity contribution in [1.29, 1.82) is 0 Å². The minimum absolute atomic E-state index is 0.0995. The van der Waals surface area contributed by atoms with Crippen LogP contribution in [-0.2, 0) is 0 Å². The van der Waals surface area contributed by atoms with Gasteiger partial charge >= 0.3 is 0 Å². The Morgan fingerprint density at radius 3 is 2.64 bits per heavy atom. The Hall–Kier alpha value is -3.09. The van der Waals surface area contributed by atoms with Gasteiger partial charge in [0.1, 0.15) is 11.6 Å². The number of piperazine rings is 1. The molecule has 0 unspecified atom stereocenters. The summed E-state index contributed by atoms with van der Waals surface area (Å²) in [7, 11) is 1.65. The molecule has 0 bridgehead atoms. The Morgan fingerprint density at radius 2 is 1.84 bits per heavy atom. The number of pyridine rings is 1. The van der Waals surface area contributed by atoms with E-state index in [0.29, 0.717) is 11.3 Å². The summed E-state index contributed by atoms with van der Waals surface area (Å²) in [6.07, 6.45) is 1.75. The number of anilines is 2.